The molecule has 1 N–H and O–H groups in total. The number of carbonyl (C=O) groups is 1. The van der Waals surface area contributed by atoms with E-state index in [-0.39, 0.29) is 6.03 Å². The molecule has 5 nitrogen and oxygen atoms in total. The van der Waals surface area contributed by atoms with Gasteiger partial charge in [-0.1, -0.05) is 43.3 Å². The molecule has 3 rings (SSSR count). The van der Waals surface area contributed by atoms with Crippen molar-refractivity contribution < 1.29 is 9.53 Å². The molecule has 2 aromatic rings. The molecular weight excluding hydrogens is 350 g/mol. The van der Waals surface area contributed by atoms with Crippen molar-refractivity contribution in [3.8, 4) is 5.75 Å². The summed E-state index contributed by atoms with van der Waals surface area (Å²) in [6, 6.07) is 14.5. The Bertz CT molecular complexity index is 798. The van der Waals surface area contributed by atoms with Gasteiger partial charge in [-0.2, -0.15) is 0 Å². The third-order valence-corrected chi connectivity index (χ3v) is 5.45. The van der Waals surface area contributed by atoms with Gasteiger partial charge in [0, 0.05) is 38.4 Å². The number of hydrogen-bond acceptors (Lipinski definition) is 3. The summed E-state index contributed by atoms with van der Waals surface area (Å²) in [6.07, 6.45) is 1.79. The zero-order valence-electron chi connectivity index (χ0n) is 17.2. The van der Waals surface area contributed by atoms with E-state index in [4.69, 9.17) is 4.74 Å². The highest BCUT2D eigenvalue weighted by molar-refractivity contribution is 5.74. The van der Waals surface area contributed by atoms with E-state index < -0.39 is 0 Å². The molecule has 0 aliphatic carbocycles. The zero-order valence-corrected chi connectivity index (χ0v) is 17.2. The Kier molecular flexibility index (Phi) is 6.80. The van der Waals surface area contributed by atoms with Gasteiger partial charge in [0.2, 0.25) is 0 Å². The third-order valence-electron chi connectivity index (χ3n) is 5.45. The molecule has 0 saturated carbocycles. The lowest BCUT2D eigenvalue weighted by molar-refractivity contribution is 0.194. The summed E-state index contributed by atoms with van der Waals surface area (Å²) in [6.45, 7) is 8.22. The highest BCUT2D eigenvalue weighted by Gasteiger charge is 2.23. The van der Waals surface area contributed by atoms with Crippen molar-refractivity contribution in [3.05, 3.63) is 59.2 Å². The molecule has 0 radical (unpaired) electrons. The van der Waals surface area contributed by atoms with Gasteiger partial charge in [0.25, 0.3) is 0 Å². The molecule has 1 aliphatic rings. The molecule has 0 atom stereocenters. The van der Waals surface area contributed by atoms with Gasteiger partial charge in [0.1, 0.15) is 5.75 Å². The van der Waals surface area contributed by atoms with Gasteiger partial charge >= 0.3 is 6.03 Å². The molecule has 5 heteroatoms. The number of carbonyl (C=O) groups excluding carboxylic acids is 1. The fraction of sp³-hybridized carbons (Fsp3) is 0.435. The van der Waals surface area contributed by atoms with E-state index in [9.17, 15) is 4.79 Å². The number of nitrogens with zero attached hydrogens (tertiary/aromatic N) is 2. The molecule has 28 heavy (non-hydrogen) atoms. The smallest absolute Gasteiger partial charge is 0.317 e. The Labute approximate surface area is 168 Å². The van der Waals surface area contributed by atoms with E-state index in [0.717, 1.165) is 50.3 Å². The summed E-state index contributed by atoms with van der Waals surface area (Å²) in [5.74, 6) is 0.871. The average molecular weight is 382 g/mol. The molecule has 1 saturated heterocycles. The minimum atomic E-state index is 0.0232. The number of hydrogen-bond donors (Lipinski definition) is 1. The summed E-state index contributed by atoms with van der Waals surface area (Å²) < 4.78 is 5.37. The van der Waals surface area contributed by atoms with Crippen LogP contribution in [-0.4, -0.2) is 50.8 Å². The molecule has 0 aromatic heterocycles. The number of piperazine rings is 1. The third kappa shape index (κ3) is 4.58. The van der Waals surface area contributed by atoms with E-state index in [1.54, 1.807) is 7.11 Å². The summed E-state index contributed by atoms with van der Waals surface area (Å²) in [5.41, 5.74) is 5.16. The van der Waals surface area contributed by atoms with Gasteiger partial charge in [-0.15, -0.1) is 0 Å². The molecule has 1 aliphatic heterocycles. The van der Waals surface area contributed by atoms with Crippen LogP contribution in [0, 0.1) is 6.92 Å². The maximum Gasteiger partial charge on any atom is 0.317 e. The number of urea groups is 1. The second kappa shape index (κ2) is 9.49. The number of rotatable bonds is 6. The van der Waals surface area contributed by atoms with Gasteiger partial charge < -0.3 is 19.9 Å². The van der Waals surface area contributed by atoms with Crippen LogP contribution >= 0.6 is 0 Å². The first kappa shape index (κ1) is 20.1. The van der Waals surface area contributed by atoms with E-state index in [2.05, 4.69) is 42.3 Å². The summed E-state index contributed by atoms with van der Waals surface area (Å²) in [7, 11) is 1.68. The van der Waals surface area contributed by atoms with Crippen LogP contribution < -0.4 is 15.0 Å². The van der Waals surface area contributed by atoms with E-state index in [0.29, 0.717) is 6.54 Å². The lowest BCUT2D eigenvalue weighted by Gasteiger charge is -2.37. The SMILES string of the molecule is CCc1cccc(C)c1N1CCN(C(=O)NCCc2ccccc2OC)CC1. The Morgan fingerprint density at radius 3 is 2.46 bits per heavy atom. The number of para-hydroxylation sites is 2. The molecule has 2 aromatic carbocycles. The van der Waals surface area contributed by atoms with Crippen molar-refractivity contribution in [2.24, 2.45) is 0 Å². The standard InChI is InChI=1S/C23H31N3O2/c1-4-19-10-7-8-18(2)22(19)25-14-16-26(17-15-25)23(27)24-13-12-20-9-5-6-11-21(20)28-3/h5-11H,4,12-17H2,1-3H3,(H,24,27). The van der Waals surface area contributed by atoms with E-state index in [1.165, 1.54) is 16.8 Å². The number of benzene rings is 2. The van der Waals surface area contributed by atoms with Gasteiger partial charge in [0.05, 0.1) is 7.11 Å². The van der Waals surface area contributed by atoms with Gasteiger partial charge in [-0.05, 0) is 42.5 Å². The number of nitrogens with one attached hydrogen (secondary N) is 1. The van der Waals surface area contributed by atoms with Crippen LogP contribution in [0.2, 0.25) is 0 Å². The summed E-state index contributed by atoms with van der Waals surface area (Å²) in [5, 5.41) is 3.05. The second-order valence-electron chi connectivity index (χ2n) is 7.20. The van der Waals surface area contributed by atoms with Crippen LogP contribution in [0.15, 0.2) is 42.5 Å². The first-order valence-corrected chi connectivity index (χ1v) is 10.1. The molecule has 0 unspecified atom stereocenters. The maximum atomic E-state index is 12.5. The Balaban J connectivity index is 1.50. The van der Waals surface area contributed by atoms with Gasteiger partial charge in [-0.25, -0.2) is 4.79 Å². The first-order valence-electron chi connectivity index (χ1n) is 10.1. The lowest BCUT2D eigenvalue weighted by atomic mass is 10.0. The number of aryl methyl sites for hydroxylation is 2. The minimum absolute atomic E-state index is 0.0232. The van der Waals surface area contributed by atoms with Crippen LogP contribution in [0.5, 0.6) is 5.75 Å². The largest absolute Gasteiger partial charge is 0.496 e. The summed E-state index contributed by atoms with van der Waals surface area (Å²) >= 11 is 0. The monoisotopic (exact) mass is 381 g/mol. The zero-order chi connectivity index (χ0) is 19.9. The molecule has 2 amide bonds. The van der Waals surface area contributed by atoms with Crippen LogP contribution in [0.1, 0.15) is 23.6 Å². The van der Waals surface area contributed by atoms with E-state index in [1.807, 2.05) is 29.2 Å². The maximum absolute atomic E-state index is 12.5. The van der Waals surface area contributed by atoms with Crippen molar-refractivity contribution in [2.45, 2.75) is 26.7 Å². The second-order valence-corrected chi connectivity index (χ2v) is 7.20. The minimum Gasteiger partial charge on any atom is -0.496 e. The molecule has 0 spiro atoms. The van der Waals surface area contributed by atoms with Crippen molar-refractivity contribution in [1.29, 1.82) is 0 Å². The van der Waals surface area contributed by atoms with Crippen molar-refractivity contribution in [3.63, 3.8) is 0 Å². The van der Waals surface area contributed by atoms with Crippen molar-refractivity contribution in [2.75, 3.05) is 44.7 Å². The quantitative estimate of drug-likeness (QED) is 0.831. The number of ether oxygens (including phenoxy) is 1. The van der Waals surface area contributed by atoms with Crippen LogP contribution in [0.3, 0.4) is 0 Å². The molecule has 0 bridgehead atoms. The van der Waals surface area contributed by atoms with E-state index >= 15 is 0 Å². The average Bonchev–Trinajstić information content (AvgIpc) is 2.74. The lowest BCUT2D eigenvalue weighted by Crippen LogP contribution is -2.52. The van der Waals surface area contributed by atoms with Crippen LogP contribution in [0.4, 0.5) is 10.5 Å². The number of methoxy groups -OCH3 is 1. The van der Waals surface area contributed by atoms with Gasteiger partial charge in [-0.3, -0.25) is 0 Å². The first-order chi connectivity index (χ1) is 13.6. The normalized spacial score (nSPS) is 14.1. The van der Waals surface area contributed by atoms with Crippen molar-refractivity contribution >= 4 is 11.7 Å². The predicted octanol–water partition coefficient (Wildman–Crippen LogP) is 3.64. The van der Waals surface area contributed by atoms with Crippen LogP contribution in [0.25, 0.3) is 0 Å². The Morgan fingerprint density at radius 1 is 1.04 bits per heavy atom. The fourth-order valence-corrected chi connectivity index (χ4v) is 3.92. The molecule has 1 heterocycles. The fourth-order valence-electron chi connectivity index (χ4n) is 3.92. The predicted molar refractivity (Wildman–Crippen MR) is 114 cm³/mol. The molecule has 150 valence electrons. The Hall–Kier alpha value is -2.69. The Morgan fingerprint density at radius 2 is 1.75 bits per heavy atom. The summed E-state index contributed by atoms with van der Waals surface area (Å²) in [4.78, 5) is 16.9. The van der Waals surface area contributed by atoms with Crippen LogP contribution in [-0.2, 0) is 12.8 Å². The molecule has 1 fully saturated rings. The topological polar surface area (TPSA) is 44.8 Å². The number of anilines is 1. The highest BCUT2D eigenvalue weighted by Crippen LogP contribution is 2.26. The highest BCUT2D eigenvalue weighted by atomic mass is 16.5. The van der Waals surface area contributed by atoms with Gasteiger partial charge in [0.15, 0.2) is 0 Å². The number of amides is 2. The molecular formula is C23H31N3O2. The van der Waals surface area contributed by atoms with Crippen molar-refractivity contribution in [1.82, 2.24) is 10.2 Å².